The largest absolute Gasteiger partial charge is 0.257 e. The van der Waals surface area contributed by atoms with Crippen LogP contribution in [-0.2, 0) is 0 Å². The second kappa shape index (κ2) is 9.42. The minimum Gasteiger partial charge on any atom is -0.257 e. The van der Waals surface area contributed by atoms with Gasteiger partial charge in [0.25, 0.3) is 0 Å². The number of nitrogens with zero attached hydrogens (tertiary/aromatic N) is 3. The van der Waals surface area contributed by atoms with Crippen molar-refractivity contribution in [3.05, 3.63) is 54.7 Å². The normalized spacial score (nSPS) is 8.95. The molecule has 0 aliphatic heterocycles. The first-order valence-electron chi connectivity index (χ1n) is 7.33. The summed E-state index contributed by atoms with van der Waals surface area (Å²) >= 11 is 0. The maximum Gasteiger partial charge on any atom is 0.181 e. The number of benzene rings is 1. The molecule has 4 nitrogen and oxygen atoms in total. The van der Waals surface area contributed by atoms with E-state index in [-0.39, 0.29) is 0 Å². The Morgan fingerprint density at radius 2 is 1.48 bits per heavy atom. The highest BCUT2D eigenvalue weighted by molar-refractivity contribution is 5.58. The Morgan fingerprint density at radius 1 is 0.810 bits per heavy atom. The van der Waals surface area contributed by atoms with E-state index in [4.69, 9.17) is 0 Å². The first kappa shape index (κ1) is 16.6. The molecule has 0 atom stereocenters. The van der Waals surface area contributed by atoms with Crippen LogP contribution >= 0.6 is 0 Å². The number of hydrogen-bond acceptors (Lipinski definition) is 3. The third-order valence-corrected chi connectivity index (χ3v) is 2.42. The van der Waals surface area contributed by atoms with E-state index >= 15 is 0 Å². The summed E-state index contributed by atoms with van der Waals surface area (Å²) in [4.78, 5) is 8.64. The zero-order valence-corrected chi connectivity index (χ0v) is 13.0. The van der Waals surface area contributed by atoms with Gasteiger partial charge in [0.2, 0.25) is 0 Å². The molecule has 0 aliphatic carbocycles. The van der Waals surface area contributed by atoms with Crippen molar-refractivity contribution in [1.29, 1.82) is 0 Å². The van der Waals surface area contributed by atoms with Crippen LogP contribution in [0.1, 0.15) is 27.7 Å². The van der Waals surface area contributed by atoms with Crippen LogP contribution in [0.15, 0.2) is 54.7 Å². The molecule has 0 radical (unpaired) electrons. The summed E-state index contributed by atoms with van der Waals surface area (Å²) in [6.07, 6.45) is 1.74. The minimum absolute atomic E-state index is 0.685. The SMILES string of the molecule is CC.CC.c1ccc(-c2n[nH]c(-c3ccccn3)n2)cc1. The van der Waals surface area contributed by atoms with Crippen molar-refractivity contribution >= 4 is 0 Å². The molecule has 0 bridgehead atoms. The molecule has 2 heterocycles. The van der Waals surface area contributed by atoms with Crippen molar-refractivity contribution in [2.75, 3.05) is 0 Å². The van der Waals surface area contributed by atoms with Gasteiger partial charge < -0.3 is 0 Å². The van der Waals surface area contributed by atoms with Gasteiger partial charge in [-0.25, -0.2) is 4.98 Å². The van der Waals surface area contributed by atoms with E-state index in [9.17, 15) is 0 Å². The molecular formula is C17H22N4. The van der Waals surface area contributed by atoms with Crippen molar-refractivity contribution < 1.29 is 0 Å². The van der Waals surface area contributed by atoms with Crippen molar-refractivity contribution in [2.24, 2.45) is 0 Å². The smallest absolute Gasteiger partial charge is 0.181 e. The Bertz CT molecular complexity index is 549. The van der Waals surface area contributed by atoms with Crippen LogP contribution < -0.4 is 0 Å². The molecule has 0 unspecified atom stereocenters. The van der Waals surface area contributed by atoms with Gasteiger partial charge >= 0.3 is 0 Å². The second-order valence-corrected chi connectivity index (χ2v) is 3.59. The first-order valence-corrected chi connectivity index (χ1v) is 7.33. The number of rotatable bonds is 2. The van der Waals surface area contributed by atoms with E-state index < -0.39 is 0 Å². The standard InChI is InChI=1S/C13H10N4.2C2H6/c1-2-6-10(7-3-1)12-15-13(17-16-12)11-8-4-5-9-14-11;2*1-2/h1-9H,(H,15,16,17);2*1-2H3. The van der Waals surface area contributed by atoms with Gasteiger partial charge in [-0.3, -0.25) is 10.1 Å². The summed E-state index contributed by atoms with van der Waals surface area (Å²) in [7, 11) is 0. The van der Waals surface area contributed by atoms with E-state index in [2.05, 4.69) is 20.2 Å². The Morgan fingerprint density at radius 3 is 2.10 bits per heavy atom. The van der Waals surface area contributed by atoms with Crippen molar-refractivity contribution in [1.82, 2.24) is 20.2 Å². The summed E-state index contributed by atoms with van der Waals surface area (Å²) < 4.78 is 0. The molecule has 3 rings (SSSR count). The number of hydrogen-bond donors (Lipinski definition) is 1. The summed E-state index contributed by atoms with van der Waals surface area (Å²) in [6, 6.07) is 15.5. The maximum atomic E-state index is 4.42. The number of H-pyrrole nitrogens is 1. The van der Waals surface area contributed by atoms with Gasteiger partial charge in [-0.1, -0.05) is 64.1 Å². The molecule has 3 aromatic rings. The molecule has 0 spiro atoms. The predicted octanol–water partition coefficient (Wildman–Crippen LogP) is 4.59. The lowest BCUT2D eigenvalue weighted by Crippen LogP contribution is -1.84. The van der Waals surface area contributed by atoms with Crippen LogP contribution in [0.4, 0.5) is 0 Å². The Balaban J connectivity index is 0.000000510. The molecular weight excluding hydrogens is 260 g/mol. The molecule has 1 aromatic carbocycles. The van der Waals surface area contributed by atoms with Crippen LogP contribution in [0.25, 0.3) is 22.9 Å². The highest BCUT2D eigenvalue weighted by Crippen LogP contribution is 2.17. The quantitative estimate of drug-likeness (QED) is 0.748. The second-order valence-electron chi connectivity index (χ2n) is 3.59. The Labute approximate surface area is 126 Å². The summed E-state index contributed by atoms with van der Waals surface area (Å²) in [5.41, 5.74) is 1.79. The molecule has 0 aliphatic rings. The van der Waals surface area contributed by atoms with Gasteiger partial charge in [0.1, 0.15) is 5.69 Å². The van der Waals surface area contributed by atoms with Crippen molar-refractivity contribution in [3.8, 4) is 22.9 Å². The molecule has 0 saturated heterocycles. The fourth-order valence-electron chi connectivity index (χ4n) is 1.60. The van der Waals surface area contributed by atoms with Crippen LogP contribution in [-0.4, -0.2) is 20.2 Å². The summed E-state index contributed by atoms with van der Waals surface area (Å²) in [5, 5.41) is 7.08. The Kier molecular flexibility index (Phi) is 7.43. The molecule has 2 aromatic heterocycles. The zero-order chi connectivity index (χ0) is 15.5. The topological polar surface area (TPSA) is 54.5 Å². The zero-order valence-electron chi connectivity index (χ0n) is 13.0. The lowest BCUT2D eigenvalue weighted by molar-refractivity contribution is 1.09. The highest BCUT2D eigenvalue weighted by Gasteiger charge is 2.07. The van der Waals surface area contributed by atoms with Crippen LogP contribution in [0, 0.1) is 0 Å². The number of pyridine rings is 1. The number of nitrogens with one attached hydrogen (secondary N) is 1. The molecule has 21 heavy (non-hydrogen) atoms. The maximum absolute atomic E-state index is 4.42. The van der Waals surface area contributed by atoms with Gasteiger partial charge in [0.05, 0.1) is 0 Å². The molecule has 1 N–H and O–H groups in total. The van der Waals surface area contributed by atoms with E-state index in [1.54, 1.807) is 6.20 Å². The van der Waals surface area contributed by atoms with Gasteiger partial charge in [0, 0.05) is 11.8 Å². The lowest BCUT2D eigenvalue weighted by Gasteiger charge is -1.93. The summed E-state index contributed by atoms with van der Waals surface area (Å²) in [6.45, 7) is 8.00. The monoisotopic (exact) mass is 282 g/mol. The van der Waals surface area contributed by atoms with Crippen LogP contribution in [0.2, 0.25) is 0 Å². The molecule has 0 saturated carbocycles. The predicted molar refractivity (Wildman–Crippen MR) is 87.7 cm³/mol. The minimum atomic E-state index is 0.685. The fraction of sp³-hybridized carbons (Fsp3) is 0.235. The molecule has 4 heteroatoms. The van der Waals surface area contributed by atoms with Gasteiger partial charge in [0.15, 0.2) is 11.6 Å². The molecule has 110 valence electrons. The molecule has 0 amide bonds. The van der Waals surface area contributed by atoms with Gasteiger partial charge in [-0.15, -0.1) is 0 Å². The van der Waals surface area contributed by atoms with Gasteiger partial charge in [-0.05, 0) is 12.1 Å². The average molecular weight is 282 g/mol. The van der Waals surface area contributed by atoms with E-state index in [0.29, 0.717) is 11.6 Å². The third kappa shape index (κ3) is 4.53. The molecule has 0 fully saturated rings. The number of aromatic nitrogens is 4. The average Bonchev–Trinajstić information content (AvgIpc) is 3.10. The van der Waals surface area contributed by atoms with E-state index in [0.717, 1.165) is 11.3 Å². The van der Waals surface area contributed by atoms with Crippen molar-refractivity contribution in [3.63, 3.8) is 0 Å². The van der Waals surface area contributed by atoms with Crippen molar-refractivity contribution in [2.45, 2.75) is 27.7 Å². The first-order chi connectivity index (χ1) is 10.4. The lowest BCUT2D eigenvalue weighted by atomic mass is 10.2. The fourth-order valence-corrected chi connectivity index (χ4v) is 1.60. The van der Waals surface area contributed by atoms with E-state index in [1.165, 1.54) is 0 Å². The van der Waals surface area contributed by atoms with Crippen LogP contribution in [0.3, 0.4) is 0 Å². The van der Waals surface area contributed by atoms with Gasteiger partial charge in [-0.2, -0.15) is 5.10 Å². The summed E-state index contributed by atoms with van der Waals surface area (Å²) in [5.74, 6) is 1.37. The Hall–Kier alpha value is -2.49. The van der Waals surface area contributed by atoms with E-state index in [1.807, 2.05) is 76.2 Å². The number of aromatic amines is 1. The highest BCUT2D eigenvalue weighted by atomic mass is 15.2. The third-order valence-electron chi connectivity index (χ3n) is 2.42. The van der Waals surface area contributed by atoms with Crippen LogP contribution in [0.5, 0.6) is 0 Å².